The standard InChI is InChI=1S/C44H41Cl2NSe/c1-43(2,3)32-23-37(29-39(24-32)48-38-22-14-20-35(46)28-38)47(36-21-13-19-34(45)27-36)42-40(30-15-9-7-10-16-30)25-33(44(4,5)6)26-41(42)31-17-11-8-12-18-31/h7-29H,1-6H3/i7D,8D,9D,10D,11D,12D,15D,16D,17D,18D. The number of hydrogen-bond donors (Lipinski definition) is 0. The molecule has 0 unspecified atom stereocenters. The molecule has 0 radical (unpaired) electrons. The van der Waals surface area contributed by atoms with Gasteiger partial charge in [-0.2, -0.15) is 0 Å². The van der Waals surface area contributed by atoms with Crippen molar-refractivity contribution in [1.29, 1.82) is 0 Å². The van der Waals surface area contributed by atoms with Crippen LogP contribution in [0.4, 0.5) is 17.1 Å². The van der Waals surface area contributed by atoms with Gasteiger partial charge >= 0.3 is 318 Å². The fourth-order valence-corrected chi connectivity index (χ4v) is 7.91. The van der Waals surface area contributed by atoms with Crippen LogP contribution >= 0.6 is 23.2 Å². The number of nitrogens with zero attached hydrogens (tertiary/aromatic N) is 1. The van der Waals surface area contributed by atoms with Crippen LogP contribution in [0.1, 0.15) is 66.4 Å². The first-order chi connectivity index (χ1) is 27.0. The second-order valence-corrected chi connectivity index (χ2v) is 16.8. The SMILES string of the molecule is [2H]c1c([2H])c([2H])c(-c2cc(C(C)(C)C)cc(-c3c([2H])c([2H])c([2H])c([2H])c3[2H])c2N(c2cccc(Cl)c2)c2cc([Se]c3cccc(Cl)c3)cc(C(C)(C)C)c2)c([2H])c1[2H]. The summed E-state index contributed by atoms with van der Waals surface area (Å²) in [5.74, 6) is 0. The third-order valence-corrected chi connectivity index (χ3v) is 10.3. The molecule has 0 aliphatic rings. The molecule has 4 heteroatoms. The molecule has 0 spiro atoms. The van der Waals surface area contributed by atoms with Crippen LogP contribution in [0.25, 0.3) is 22.3 Å². The molecule has 0 N–H and O–H groups in total. The molecule has 0 aliphatic carbocycles. The van der Waals surface area contributed by atoms with Gasteiger partial charge in [0.05, 0.1) is 0 Å². The Kier molecular flexibility index (Phi) is 6.86. The monoisotopic (exact) mass is 743 g/mol. The van der Waals surface area contributed by atoms with E-state index in [4.69, 9.17) is 31.4 Å². The number of anilines is 3. The second-order valence-electron chi connectivity index (χ2n) is 13.5. The van der Waals surface area contributed by atoms with E-state index in [-0.39, 0.29) is 48.3 Å². The molecule has 1 nitrogen and oxygen atoms in total. The molecule has 0 saturated heterocycles. The van der Waals surface area contributed by atoms with E-state index in [0.29, 0.717) is 27.0 Å². The minimum atomic E-state index is -0.623. The number of benzene rings is 6. The molecule has 6 aromatic rings. The van der Waals surface area contributed by atoms with Gasteiger partial charge in [-0.25, -0.2) is 0 Å². The predicted octanol–water partition coefficient (Wildman–Crippen LogP) is 12.0. The summed E-state index contributed by atoms with van der Waals surface area (Å²) in [7, 11) is 0. The fraction of sp³-hybridized carbons (Fsp3) is 0.182. The van der Waals surface area contributed by atoms with Crippen LogP contribution in [-0.4, -0.2) is 15.0 Å². The normalized spacial score (nSPS) is 14.8. The quantitative estimate of drug-likeness (QED) is 0.147. The van der Waals surface area contributed by atoms with Crippen LogP contribution in [0.3, 0.4) is 0 Å². The average Bonchev–Trinajstić information content (AvgIpc) is 3.15. The summed E-state index contributed by atoms with van der Waals surface area (Å²) in [5.41, 5.74) is 2.17. The van der Waals surface area contributed by atoms with E-state index in [0.717, 1.165) is 14.5 Å². The molecule has 0 aromatic heterocycles. The van der Waals surface area contributed by atoms with Crippen molar-refractivity contribution in [2.45, 2.75) is 52.4 Å². The second kappa shape index (κ2) is 14.0. The molecule has 0 atom stereocenters. The molecular weight excluding hydrogens is 692 g/mol. The molecule has 0 amide bonds. The van der Waals surface area contributed by atoms with Crippen LogP contribution in [0.15, 0.2) is 139 Å². The van der Waals surface area contributed by atoms with Crippen molar-refractivity contribution in [2.24, 2.45) is 0 Å². The molecule has 48 heavy (non-hydrogen) atoms. The van der Waals surface area contributed by atoms with Gasteiger partial charge in [0.2, 0.25) is 0 Å². The van der Waals surface area contributed by atoms with E-state index in [2.05, 4.69) is 26.8 Å². The van der Waals surface area contributed by atoms with E-state index in [1.807, 2.05) is 68.1 Å². The van der Waals surface area contributed by atoms with Gasteiger partial charge in [-0.1, -0.05) is 0 Å². The first-order valence-corrected chi connectivity index (χ1v) is 18.0. The van der Waals surface area contributed by atoms with Crippen LogP contribution < -0.4 is 13.8 Å². The Balaban J connectivity index is 1.90. The van der Waals surface area contributed by atoms with Crippen LogP contribution in [0, 0.1) is 0 Å². The fourth-order valence-electron chi connectivity index (χ4n) is 5.35. The van der Waals surface area contributed by atoms with E-state index < -0.39 is 65.8 Å². The molecule has 0 fully saturated rings. The maximum absolute atomic E-state index is 9.25. The minimum absolute atomic E-state index is 0.108. The Morgan fingerprint density at radius 3 is 1.58 bits per heavy atom. The van der Waals surface area contributed by atoms with E-state index >= 15 is 0 Å². The van der Waals surface area contributed by atoms with Gasteiger partial charge in [-0.05, 0) is 0 Å². The van der Waals surface area contributed by atoms with Crippen molar-refractivity contribution < 1.29 is 13.7 Å². The Morgan fingerprint density at radius 2 is 1.06 bits per heavy atom. The Bertz CT molecular complexity index is 2470. The van der Waals surface area contributed by atoms with Gasteiger partial charge in [0, 0.05) is 0 Å². The molecule has 0 bridgehead atoms. The molecule has 6 aromatic carbocycles. The summed E-state index contributed by atoms with van der Waals surface area (Å²) in [6.45, 7) is 12.1. The van der Waals surface area contributed by atoms with Crippen LogP contribution in [-0.2, 0) is 10.8 Å². The molecular formula is C44H41Cl2NSe. The summed E-state index contributed by atoms with van der Waals surface area (Å²) in [5, 5.41) is 0.996. The third kappa shape index (κ3) is 7.75. The number of halogens is 2. The summed E-state index contributed by atoms with van der Waals surface area (Å²) in [6, 6.07) is 19.4. The molecule has 0 saturated carbocycles. The van der Waals surface area contributed by atoms with Gasteiger partial charge < -0.3 is 0 Å². The van der Waals surface area contributed by atoms with E-state index in [1.165, 1.54) is 0 Å². The zero-order chi connectivity index (χ0) is 42.8. The van der Waals surface area contributed by atoms with E-state index in [9.17, 15) is 5.48 Å². The van der Waals surface area contributed by atoms with Crippen molar-refractivity contribution >= 4 is 64.1 Å². The average molecular weight is 744 g/mol. The summed E-state index contributed by atoms with van der Waals surface area (Å²) in [6.07, 6.45) is 0. The topological polar surface area (TPSA) is 3.24 Å². The van der Waals surface area contributed by atoms with Crippen molar-refractivity contribution in [3.05, 3.63) is 160 Å². The van der Waals surface area contributed by atoms with Gasteiger partial charge in [-0.15, -0.1) is 0 Å². The maximum atomic E-state index is 9.25. The summed E-state index contributed by atoms with van der Waals surface area (Å²) in [4.78, 5) is 1.86. The Morgan fingerprint density at radius 1 is 0.542 bits per heavy atom. The predicted molar refractivity (Wildman–Crippen MR) is 211 cm³/mol. The Labute approximate surface area is 316 Å². The van der Waals surface area contributed by atoms with Gasteiger partial charge in [0.15, 0.2) is 0 Å². The van der Waals surface area contributed by atoms with Crippen LogP contribution in [0.2, 0.25) is 10.0 Å². The van der Waals surface area contributed by atoms with Crippen molar-refractivity contribution in [1.82, 2.24) is 0 Å². The molecule has 0 heterocycles. The van der Waals surface area contributed by atoms with Crippen LogP contribution in [0.5, 0.6) is 0 Å². The zero-order valence-corrected chi connectivity index (χ0v) is 30.8. The number of hydrogen-bond acceptors (Lipinski definition) is 1. The summed E-state index contributed by atoms with van der Waals surface area (Å²) < 4.78 is 90.8. The molecule has 6 rings (SSSR count). The van der Waals surface area contributed by atoms with E-state index in [1.54, 1.807) is 30.3 Å². The van der Waals surface area contributed by atoms with Crippen molar-refractivity contribution in [2.75, 3.05) is 4.90 Å². The first kappa shape index (κ1) is 23.6. The van der Waals surface area contributed by atoms with Crippen molar-refractivity contribution in [3.63, 3.8) is 0 Å². The summed E-state index contributed by atoms with van der Waals surface area (Å²) >= 11 is 12.9. The zero-order valence-electron chi connectivity index (χ0n) is 37.6. The van der Waals surface area contributed by atoms with Gasteiger partial charge in [0.1, 0.15) is 0 Å². The Hall–Kier alpha value is -3.78. The van der Waals surface area contributed by atoms with Gasteiger partial charge in [0.25, 0.3) is 0 Å². The third-order valence-electron chi connectivity index (χ3n) is 7.85. The van der Waals surface area contributed by atoms with Crippen molar-refractivity contribution in [3.8, 4) is 22.3 Å². The first-order valence-electron chi connectivity index (χ1n) is 20.5. The van der Waals surface area contributed by atoms with Gasteiger partial charge in [-0.3, -0.25) is 0 Å². The molecule has 242 valence electrons. The number of rotatable bonds is 7. The molecule has 0 aliphatic heterocycles.